The van der Waals surface area contributed by atoms with Gasteiger partial charge in [0.25, 0.3) is 11.6 Å². The number of hydrogen-bond donors (Lipinski definition) is 1. The third kappa shape index (κ3) is 3.53. The van der Waals surface area contributed by atoms with Crippen LogP contribution in [0.1, 0.15) is 29.8 Å². The second-order valence-electron chi connectivity index (χ2n) is 4.73. The van der Waals surface area contributed by atoms with Gasteiger partial charge in [-0.3, -0.25) is 14.9 Å². The van der Waals surface area contributed by atoms with Crippen LogP contribution in [0.4, 0.5) is 5.69 Å². The van der Waals surface area contributed by atoms with E-state index in [1.807, 2.05) is 13.8 Å². The Balaban J connectivity index is 3.01. The number of nitrogens with one attached hydrogen (secondary N) is 1. The number of carbonyl (C=O) groups is 1. The van der Waals surface area contributed by atoms with E-state index in [9.17, 15) is 14.9 Å². The molecule has 1 rings (SSSR count). The number of rotatable bonds is 4. The minimum Gasteiger partial charge on any atom is -0.346 e. The summed E-state index contributed by atoms with van der Waals surface area (Å²) in [5.74, 6) is -0.317. The van der Waals surface area contributed by atoms with E-state index in [1.54, 1.807) is 19.1 Å². The Kier molecular flexibility index (Phi) is 4.45. The molecule has 5 nitrogen and oxygen atoms in total. The lowest BCUT2D eigenvalue weighted by Gasteiger charge is -2.23. The Labute approximate surface area is 114 Å². The molecule has 6 heteroatoms. The maximum atomic E-state index is 12.0. The first kappa shape index (κ1) is 14.6. The Morgan fingerprint density at radius 3 is 2.61 bits per heavy atom. The lowest BCUT2D eigenvalue weighted by atomic mass is 10.1. The molecule has 1 aromatic rings. The number of nitro benzene ring substituents is 1. The molecule has 0 heterocycles. The van der Waals surface area contributed by atoms with E-state index in [-0.39, 0.29) is 11.6 Å². The number of aryl methyl sites for hydroxylation is 1. The van der Waals surface area contributed by atoms with Gasteiger partial charge in [0.15, 0.2) is 0 Å². The van der Waals surface area contributed by atoms with Gasteiger partial charge in [0.1, 0.15) is 0 Å². The molecule has 18 heavy (non-hydrogen) atoms. The van der Waals surface area contributed by atoms with Gasteiger partial charge in [0.05, 0.1) is 4.92 Å². The molecule has 0 aliphatic heterocycles. The summed E-state index contributed by atoms with van der Waals surface area (Å²) < 4.78 is 0. The molecule has 0 bridgehead atoms. The lowest BCUT2D eigenvalue weighted by Crippen LogP contribution is -2.44. The summed E-state index contributed by atoms with van der Waals surface area (Å²) in [5, 5.41) is 14.2. The molecular formula is C12H15BrN2O3. The Morgan fingerprint density at radius 1 is 1.50 bits per heavy atom. The second kappa shape index (κ2) is 5.48. The molecule has 0 spiro atoms. The van der Waals surface area contributed by atoms with Crippen molar-refractivity contribution in [1.82, 2.24) is 5.32 Å². The Bertz CT molecular complexity index is 486. The van der Waals surface area contributed by atoms with Crippen LogP contribution >= 0.6 is 15.9 Å². The van der Waals surface area contributed by atoms with E-state index in [0.717, 1.165) is 0 Å². The molecule has 0 unspecified atom stereocenters. The predicted molar refractivity (Wildman–Crippen MR) is 73.2 cm³/mol. The standard InChI is InChI=1S/C12H15BrN2O3/c1-8-4-5-9(6-10(8)15(17)18)11(16)14-12(2,3)7-13/h4-6H,7H2,1-3H3,(H,14,16). The average Bonchev–Trinajstić information content (AvgIpc) is 2.28. The number of amides is 1. The second-order valence-corrected chi connectivity index (χ2v) is 5.29. The SMILES string of the molecule is Cc1ccc(C(=O)NC(C)(C)CBr)cc1[N+](=O)[O-]. The summed E-state index contributed by atoms with van der Waals surface area (Å²) in [4.78, 5) is 22.3. The number of halogens is 1. The van der Waals surface area contributed by atoms with Gasteiger partial charge in [0, 0.05) is 28.1 Å². The van der Waals surface area contributed by atoms with Gasteiger partial charge >= 0.3 is 0 Å². The summed E-state index contributed by atoms with van der Waals surface area (Å²) in [6.07, 6.45) is 0. The molecule has 1 amide bonds. The van der Waals surface area contributed by atoms with E-state index in [1.165, 1.54) is 6.07 Å². The fourth-order valence-corrected chi connectivity index (χ4v) is 1.50. The monoisotopic (exact) mass is 314 g/mol. The van der Waals surface area contributed by atoms with Gasteiger partial charge in [-0.1, -0.05) is 22.0 Å². The van der Waals surface area contributed by atoms with E-state index < -0.39 is 10.5 Å². The quantitative estimate of drug-likeness (QED) is 0.527. The van der Waals surface area contributed by atoms with Crippen molar-refractivity contribution in [2.24, 2.45) is 0 Å². The summed E-state index contributed by atoms with van der Waals surface area (Å²) in [5.41, 5.74) is 0.383. The van der Waals surface area contributed by atoms with Crippen LogP contribution in [0.2, 0.25) is 0 Å². The van der Waals surface area contributed by atoms with Crippen molar-refractivity contribution in [3.63, 3.8) is 0 Å². The maximum Gasteiger partial charge on any atom is 0.273 e. The van der Waals surface area contributed by atoms with Crippen molar-refractivity contribution in [3.05, 3.63) is 39.4 Å². The zero-order valence-electron chi connectivity index (χ0n) is 10.5. The number of benzene rings is 1. The molecule has 1 aromatic carbocycles. The Morgan fingerprint density at radius 2 is 2.11 bits per heavy atom. The summed E-state index contributed by atoms with van der Waals surface area (Å²) in [6.45, 7) is 5.37. The van der Waals surface area contributed by atoms with E-state index >= 15 is 0 Å². The smallest absolute Gasteiger partial charge is 0.273 e. The summed E-state index contributed by atoms with van der Waals surface area (Å²) >= 11 is 3.30. The van der Waals surface area contributed by atoms with Gasteiger partial charge in [-0.2, -0.15) is 0 Å². The maximum absolute atomic E-state index is 12.0. The van der Waals surface area contributed by atoms with Crippen LogP contribution in [0.15, 0.2) is 18.2 Å². The van der Waals surface area contributed by atoms with Crippen LogP contribution in [-0.2, 0) is 0 Å². The van der Waals surface area contributed by atoms with E-state index in [4.69, 9.17) is 0 Å². The molecule has 0 saturated carbocycles. The molecule has 98 valence electrons. The van der Waals surface area contributed by atoms with Crippen molar-refractivity contribution < 1.29 is 9.72 Å². The van der Waals surface area contributed by atoms with Gasteiger partial charge in [0.2, 0.25) is 0 Å². The molecular weight excluding hydrogens is 300 g/mol. The minimum atomic E-state index is -0.484. The molecule has 0 saturated heterocycles. The lowest BCUT2D eigenvalue weighted by molar-refractivity contribution is -0.385. The third-order valence-electron chi connectivity index (χ3n) is 2.45. The number of carbonyl (C=O) groups excluding carboxylic acids is 1. The van der Waals surface area contributed by atoms with Crippen molar-refractivity contribution in [3.8, 4) is 0 Å². The van der Waals surface area contributed by atoms with Crippen LogP contribution < -0.4 is 5.32 Å². The minimum absolute atomic E-state index is 0.0423. The first-order chi connectivity index (χ1) is 8.26. The fourth-order valence-electron chi connectivity index (χ4n) is 1.36. The van der Waals surface area contributed by atoms with Crippen LogP contribution in [0.25, 0.3) is 0 Å². The van der Waals surface area contributed by atoms with Crippen molar-refractivity contribution in [2.75, 3.05) is 5.33 Å². The number of nitro groups is 1. The van der Waals surface area contributed by atoms with E-state index in [0.29, 0.717) is 16.5 Å². The zero-order chi connectivity index (χ0) is 13.9. The molecule has 0 aliphatic carbocycles. The molecule has 0 radical (unpaired) electrons. The molecule has 1 N–H and O–H groups in total. The first-order valence-corrected chi connectivity index (χ1v) is 6.52. The van der Waals surface area contributed by atoms with Crippen molar-refractivity contribution in [2.45, 2.75) is 26.3 Å². The van der Waals surface area contributed by atoms with Crippen LogP contribution in [0, 0.1) is 17.0 Å². The number of hydrogen-bond acceptors (Lipinski definition) is 3. The topological polar surface area (TPSA) is 72.2 Å². The number of alkyl halides is 1. The van der Waals surface area contributed by atoms with Crippen LogP contribution in [0.3, 0.4) is 0 Å². The van der Waals surface area contributed by atoms with Crippen LogP contribution in [-0.4, -0.2) is 21.7 Å². The van der Waals surface area contributed by atoms with Gasteiger partial charge < -0.3 is 5.32 Å². The van der Waals surface area contributed by atoms with Gasteiger partial charge in [-0.15, -0.1) is 0 Å². The van der Waals surface area contributed by atoms with Crippen LogP contribution in [0.5, 0.6) is 0 Å². The average molecular weight is 315 g/mol. The largest absolute Gasteiger partial charge is 0.346 e. The highest BCUT2D eigenvalue weighted by molar-refractivity contribution is 9.09. The van der Waals surface area contributed by atoms with Gasteiger partial charge in [-0.05, 0) is 26.8 Å². The van der Waals surface area contributed by atoms with Crippen molar-refractivity contribution in [1.29, 1.82) is 0 Å². The third-order valence-corrected chi connectivity index (χ3v) is 3.86. The molecule has 0 atom stereocenters. The summed E-state index contributed by atoms with van der Waals surface area (Å²) in [7, 11) is 0. The zero-order valence-corrected chi connectivity index (χ0v) is 12.1. The highest BCUT2D eigenvalue weighted by Gasteiger charge is 2.21. The highest BCUT2D eigenvalue weighted by atomic mass is 79.9. The van der Waals surface area contributed by atoms with Gasteiger partial charge in [-0.25, -0.2) is 0 Å². The van der Waals surface area contributed by atoms with E-state index in [2.05, 4.69) is 21.2 Å². The fraction of sp³-hybridized carbons (Fsp3) is 0.417. The molecule has 0 fully saturated rings. The normalized spacial score (nSPS) is 11.1. The predicted octanol–water partition coefficient (Wildman–Crippen LogP) is 2.81. The first-order valence-electron chi connectivity index (χ1n) is 5.40. The highest BCUT2D eigenvalue weighted by Crippen LogP contribution is 2.19. The summed E-state index contributed by atoms with van der Waals surface area (Å²) in [6, 6.07) is 4.46. The Hall–Kier alpha value is -1.43. The molecule has 0 aromatic heterocycles. The number of nitrogens with zero attached hydrogens (tertiary/aromatic N) is 1. The van der Waals surface area contributed by atoms with Crippen molar-refractivity contribution >= 4 is 27.5 Å². The molecule has 0 aliphatic rings.